The minimum absolute atomic E-state index is 0.102. The Morgan fingerprint density at radius 3 is 2.31 bits per heavy atom. The Bertz CT molecular complexity index is 231. The summed E-state index contributed by atoms with van der Waals surface area (Å²) in [5.74, 6) is -0.165. The van der Waals surface area contributed by atoms with Crippen molar-refractivity contribution in [2.24, 2.45) is 11.7 Å². The molecule has 0 saturated carbocycles. The molecule has 16 heavy (non-hydrogen) atoms. The Kier molecular flexibility index (Phi) is 8.16. The highest BCUT2D eigenvalue weighted by atomic mass is 32.1. The molecule has 0 rings (SSSR count). The molecular formula is C12H24N2OS. The quantitative estimate of drug-likeness (QED) is 0.667. The Morgan fingerprint density at radius 2 is 1.94 bits per heavy atom. The maximum Gasteiger partial charge on any atom is 0.232 e. The topological polar surface area (TPSA) is 46.3 Å². The molecule has 0 aliphatic carbocycles. The lowest BCUT2D eigenvalue weighted by Crippen LogP contribution is -2.41. The third kappa shape index (κ3) is 4.92. The number of hydrogen-bond donors (Lipinski definition) is 1. The Balaban J connectivity index is 4.48. The van der Waals surface area contributed by atoms with Crippen LogP contribution in [0.4, 0.5) is 0 Å². The smallest absolute Gasteiger partial charge is 0.232 e. The fraction of sp³-hybridized carbons (Fsp3) is 0.833. The van der Waals surface area contributed by atoms with E-state index in [4.69, 9.17) is 18.0 Å². The first-order valence-electron chi connectivity index (χ1n) is 6.16. The summed E-state index contributed by atoms with van der Waals surface area (Å²) in [6.07, 6.45) is 3.82. The van der Waals surface area contributed by atoms with Crippen molar-refractivity contribution in [1.82, 2.24) is 4.90 Å². The minimum Gasteiger partial charge on any atom is -0.393 e. The van der Waals surface area contributed by atoms with Crippen LogP contribution in [0.15, 0.2) is 0 Å². The number of nitrogens with two attached hydrogens (primary N) is 1. The van der Waals surface area contributed by atoms with Gasteiger partial charge < -0.3 is 10.6 Å². The first-order valence-corrected chi connectivity index (χ1v) is 6.57. The fourth-order valence-electron chi connectivity index (χ4n) is 1.67. The average molecular weight is 244 g/mol. The molecule has 0 bridgehead atoms. The van der Waals surface area contributed by atoms with Crippen molar-refractivity contribution < 1.29 is 4.79 Å². The van der Waals surface area contributed by atoms with Gasteiger partial charge in [0.15, 0.2) is 0 Å². The molecule has 0 aromatic heterocycles. The van der Waals surface area contributed by atoms with E-state index in [-0.39, 0.29) is 11.8 Å². The SMILES string of the molecule is CCCCN(CC)C(=O)C(CCC)C(N)=S. The Labute approximate surface area is 104 Å². The fourth-order valence-corrected chi connectivity index (χ4v) is 1.89. The van der Waals surface area contributed by atoms with E-state index in [1.54, 1.807) is 0 Å². The number of thiocarbonyl (C=S) groups is 1. The molecule has 94 valence electrons. The van der Waals surface area contributed by atoms with Crippen molar-refractivity contribution >= 4 is 23.1 Å². The summed E-state index contributed by atoms with van der Waals surface area (Å²) in [6.45, 7) is 7.71. The van der Waals surface area contributed by atoms with E-state index >= 15 is 0 Å². The zero-order chi connectivity index (χ0) is 12.6. The maximum absolute atomic E-state index is 12.2. The molecule has 2 N–H and O–H groups in total. The van der Waals surface area contributed by atoms with Crippen LogP contribution >= 0.6 is 12.2 Å². The third-order valence-electron chi connectivity index (χ3n) is 2.69. The van der Waals surface area contributed by atoms with Gasteiger partial charge in [-0.05, 0) is 19.8 Å². The van der Waals surface area contributed by atoms with E-state index in [0.29, 0.717) is 4.99 Å². The highest BCUT2D eigenvalue weighted by Crippen LogP contribution is 2.12. The van der Waals surface area contributed by atoms with Crippen molar-refractivity contribution in [1.29, 1.82) is 0 Å². The number of carbonyl (C=O) groups is 1. The normalized spacial score (nSPS) is 12.2. The van der Waals surface area contributed by atoms with Crippen molar-refractivity contribution in [2.75, 3.05) is 13.1 Å². The standard InChI is InChI=1S/C12H24N2OS/c1-4-7-9-14(6-3)12(15)10(8-5-2)11(13)16/h10H,4-9H2,1-3H3,(H2,13,16). The van der Waals surface area contributed by atoms with E-state index in [1.807, 2.05) is 18.7 Å². The minimum atomic E-state index is -0.267. The molecule has 0 aromatic rings. The van der Waals surface area contributed by atoms with Crippen LogP contribution in [0.25, 0.3) is 0 Å². The second-order valence-electron chi connectivity index (χ2n) is 4.02. The van der Waals surface area contributed by atoms with Gasteiger partial charge in [0, 0.05) is 13.1 Å². The molecule has 0 heterocycles. The van der Waals surface area contributed by atoms with Gasteiger partial charge in [-0.3, -0.25) is 4.79 Å². The van der Waals surface area contributed by atoms with Gasteiger partial charge in [-0.25, -0.2) is 0 Å². The van der Waals surface area contributed by atoms with E-state index < -0.39 is 0 Å². The van der Waals surface area contributed by atoms with Gasteiger partial charge in [-0.15, -0.1) is 0 Å². The summed E-state index contributed by atoms with van der Waals surface area (Å²) in [4.78, 5) is 14.4. The second-order valence-corrected chi connectivity index (χ2v) is 4.49. The summed E-state index contributed by atoms with van der Waals surface area (Å²) < 4.78 is 0. The van der Waals surface area contributed by atoms with Crippen molar-refractivity contribution in [3.63, 3.8) is 0 Å². The van der Waals surface area contributed by atoms with Gasteiger partial charge in [0.05, 0.1) is 10.9 Å². The number of amides is 1. The average Bonchev–Trinajstić information content (AvgIpc) is 2.26. The highest BCUT2D eigenvalue weighted by molar-refractivity contribution is 7.80. The molecule has 4 heteroatoms. The number of unbranched alkanes of at least 4 members (excludes halogenated alkanes) is 1. The van der Waals surface area contributed by atoms with Crippen LogP contribution in [0.3, 0.4) is 0 Å². The van der Waals surface area contributed by atoms with Gasteiger partial charge in [0.2, 0.25) is 5.91 Å². The zero-order valence-electron chi connectivity index (χ0n) is 10.7. The Hall–Kier alpha value is -0.640. The lowest BCUT2D eigenvalue weighted by atomic mass is 10.0. The summed E-state index contributed by atoms with van der Waals surface area (Å²) in [5.41, 5.74) is 5.63. The number of rotatable bonds is 8. The molecule has 0 aliphatic heterocycles. The Morgan fingerprint density at radius 1 is 1.31 bits per heavy atom. The number of hydrogen-bond acceptors (Lipinski definition) is 2. The molecule has 0 radical (unpaired) electrons. The highest BCUT2D eigenvalue weighted by Gasteiger charge is 2.24. The van der Waals surface area contributed by atoms with Crippen LogP contribution in [0.5, 0.6) is 0 Å². The van der Waals surface area contributed by atoms with Crippen LogP contribution < -0.4 is 5.73 Å². The predicted octanol–water partition coefficient (Wildman–Crippen LogP) is 2.34. The third-order valence-corrected chi connectivity index (χ3v) is 2.98. The first-order chi connectivity index (χ1) is 7.58. The van der Waals surface area contributed by atoms with Crippen LogP contribution in [0, 0.1) is 5.92 Å². The first kappa shape index (κ1) is 15.4. The lowest BCUT2D eigenvalue weighted by Gasteiger charge is -2.25. The van der Waals surface area contributed by atoms with Crippen LogP contribution in [0.1, 0.15) is 46.5 Å². The largest absolute Gasteiger partial charge is 0.393 e. The van der Waals surface area contributed by atoms with Gasteiger partial charge in [0.1, 0.15) is 0 Å². The predicted molar refractivity (Wildman–Crippen MR) is 72.3 cm³/mol. The van der Waals surface area contributed by atoms with E-state index in [1.165, 1.54) is 0 Å². The zero-order valence-corrected chi connectivity index (χ0v) is 11.5. The monoisotopic (exact) mass is 244 g/mol. The molecule has 0 aliphatic rings. The van der Waals surface area contributed by atoms with Crippen LogP contribution in [-0.4, -0.2) is 28.9 Å². The summed E-state index contributed by atoms with van der Waals surface area (Å²) in [6, 6.07) is 0. The molecule has 1 amide bonds. The molecule has 0 saturated heterocycles. The second kappa shape index (κ2) is 8.50. The van der Waals surface area contributed by atoms with Crippen molar-refractivity contribution in [3.8, 4) is 0 Å². The molecule has 0 fully saturated rings. The van der Waals surface area contributed by atoms with Crippen LogP contribution in [0.2, 0.25) is 0 Å². The molecule has 1 atom stereocenters. The molecule has 0 aromatic carbocycles. The molecule has 3 nitrogen and oxygen atoms in total. The molecule has 0 spiro atoms. The van der Waals surface area contributed by atoms with Crippen molar-refractivity contribution in [3.05, 3.63) is 0 Å². The van der Waals surface area contributed by atoms with Gasteiger partial charge in [-0.1, -0.05) is 38.9 Å². The summed E-state index contributed by atoms with van der Waals surface area (Å²) >= 11 is 4.97. The number of nitrogens with zero attached hydrogens (tertiary/aromatic N) is 1. The van der Waals surface area contributed by atoms with Crippen molar-refractivity contribution in [2.45, 2.75) is 46.5 Å². The van der Waals surface area contributed by atoms with Gasteiger partial charge >= 0.3 is 0 Å². The molecule has 1 unspecified atom stereocenters. The van der Waals surface area contributed by atoms with Gasteiger partial charge in [0.25, 0.3) is 0 Å². The number of carbonyl (C=O) groups excluding carboxylic acids is 1. The van der Waals surface area contributed by atoms with E-state index in [0.717, 1.165) is 38.8 Å². The lowest BCUT2D eigenvalue weighted by molar-refractivity contribution is -0.133. The van der Waals surface area contributed by atoms with Crippen LogP contribution in [-0.2, 0) is 4.79 Å². The van der Waals surface area contributed by atoms with Gasteiger partial charge in [-0.2, -0.15) is 0 Å². The van der Waals surface area contributed by atoms with E-state index in [9.17, 15) is 4.79 Å². The maximum atomic E-state index is 12.2. The summed E-state index contributed by atoms with van der Waals surface area (Å²) in [5, 5.41) is 0. The molecular weight excluding hydrogens is 220 g/mol. The summed E-state index contributed by atoms with van der Waals surface area (Å²) in [7, 11) is 0. The van der Waals surface area contributed by atoms with E-state index in [2.05, 4.69) is 6.92 Å².